The molecule has 7 aliphatic rings. The smallest absolute Gasteiger partial charge is 0.414 e. The molecule has 146 valence electrons. The van der Waals surface area contributed by atoms with Gasteiger partial charge in [0.15, 0.2) is 5.78 Å². The van der Waals surface area contributed by atoms with Crippen LogP contribution in [-0.4, -0.2) is 59.3 Å². The molecule has 3 heterocycles. The van der Waals surface area contributed by atoms with E-state index in [-0.39, 0.29) is 23.2 Å². The van der Waals surface area contributed by atoms with Crippen LogP contribution >= 0.6 is 0 Å². The van der Waals surface area contributed by atoms with Crippen LogP contribution in [0, 0.1) is 11.3 Å². The van der Waals surface area contributed by atoms with Crippen molar-refractivity contribution in [3.8, 4) is 0 Å². The van der Waals surface area contributed by atoms with E-state index < -0.39 is 22.6 Å². The largest absolute Gasteiger partial charge is 0.452 e. The number of ketones is 1. The Hall–Kier alpha value is -1.92. The number of rotatable bonds is 0. The fourth-order valence-electron chi connectivity index (χ4n) is 9.19. The topological polar surface area (TPSA) is 70.1 Å². The zero-order chi connectivity index (χ0) is 19.1. The highest BCUT2D eigenvalue weighted by atomic mass is 16.5. The lowest BCUT2D eigenvalue weighted by atomic mass is 9.40. The van der Waals surface area contributed by atoms with Crippen molar-refractivity contribution in [2.75, 3.05) is 25.1 Å². The maximum atomic E-state index is 13.8. The molecular weight excluding hydrogens is 356 g/mol. The SMILES string of the molecule is COC(=O)N1c2ccccc2[C@@]23[C@@H]4N5CCC[C@@]46CC[C@]12[C@](O)(C6)C(=O)[C@@H]3C5. The van der Waals surface area contributed by atoms with Gasteiger partial charge in [0.1, 0.15) is 5.60 Å². The van der Waals surface area contributed by atoms with Crippen LogP contribution < -0.4 is 4.90 Å². The maximum Gasteiger partial charge on any atom is 0.414 e. The Morgan fingerprint density at radius 2 is 2.07 bits per heavy atom. The summed E-state index contributed by atoms with van der Waals surface area (Å²) in [5.74, 6) is -0.287. The lowest BCUT2D eigenvalue weighted by molar-refractivity contribution is -0.194. The molecule has 0 aromatic heterocycles. The molecule has 6 atom stereocenters. The van der Waals surface area contributed by atoms with Crippen LogP contribution in [0.2, 0.25) is 0 Å². The van der Waals surface area contributed by atoms with E-state index in [2.05, 4.69) is 11.0 Å². The molecule has 3 spiro atoms. The van der Waals surface area contributed by atoms with E-state index in [1.807, 2.05) is 18.2 Å². The highest BCUT2D eigenvalue weighted by Gasteiger charge is 2.93. The molecule has 1 N–H and O–H groups in total. The molecular formula is C22H24N2O4. The first-order valence-electron chi connectivity index (χ1n) is 10.5. The van der Waals surface area contributed by atoms with E-state index >= 15 is 0 Å². The number of aliphatic hydroxyl groups is 1. The summed E-state index contributed by atoms with van der Waals surface area (Å²) in [5, 5.41) is 12.1. The van der Waals surface area contributed by atoms with Crippen LogP contribution in [0.15, 0.2) is 24.3 Å². The summed E-state index contributed by atoms with van der Waals surface area (Å²) in [6.45, 7) is 1.71. The van der Waals surface area contributed by atoms with Gasteiger partial charge in [-0.2, -0.15) is 0 Å². The number of hydrogen-bond acceptors (Lipinski definition) is 5. The van der Waals surface area contributed by atoms with Gasteiger partial charge >= 0.3 is 6.09 Å². The molecule has 1 aromatic rings. The minimum Gasteiger partial charge on any atom is -0.452 e. The summed E-state index contributed by atoms with van der Waals surface area (Å²) < 4.78 is 5.22. The molecule has 1 aromatic carbocycles. The third kappa shape index (κ3) is 1.16. The Labute approximate surface area is 163 Å². The van der Waals surface area contributed by atoms with Crippen LogP contribution in [0.25, 0.3) is 0 Å². The number of carbonyl (C=O) groups excluding carboxylic acids is 2. The van der Waals surface area contributed by atoms with Gasteiger partial charge in [0, 0.05) is 18.5 Å². The number of ether oxygens (including phenoxy) is 1. The normalized spacial score (nSPS) is 49.4. The Bertz CT molecular complexity index is 979. The molecule has 4 saturated carbocycles. The van der Waals surface area contributed by atoms with E-state index in [1.165, 1.54) is 7.11 Å². The Balaban J connectivity index is 1.65. The number of benzene rings is 1. The molecule has 28 heavy (non-hydrogen) atoms. The van der Waals surface area contributed by atoms with E-state index in [0.717, 1.165) is 37.1 Å². The zero-order valence-corrected chi connectivity index (χ0v) is 16.0. The van der Waals surface area contributed by atoms with Crippen molar-refractivity contribution in [3.05, 3.63) is 29.8 Å². The second-order valence-corrected chi connectivity index (χ2v) is 9.87. The van der Waals surface area contributed by atoms with Crippen molar-refractivity contribution in [1.29, 1.82) is 0 Å². The van der Waals surface area contributed by atoms with Gasteiger partial charge in [-0.15, -0.1) is 0 Å². The van der Waals surface area contributed by atoms with Crippen LogP contribution in [0.4, 0.5) is 10.5 Å². The van der Waals surface area contributed by atoms with Gasteiger partial charge in [-0.25, -0.2) is 4.79 Å². The van der Waals surface area contributed by atoms with Gasteiger partial charge in [-0.05, 0) is 55.7 Å². The first kappa shape index (κ1) is 15.9. The Kier molecular flexibility index (Phi) is 2.45. The average molecular weight is 380 g/mol. The molecule has 4 bridgehead atoms. The molecule has 3 aliphatic heterocycles. The van der Waals surface area contributed by atoms with Crippen LogP contribution in [0.5, 0.6) is 0 Å². The third-order valence-electron chi connectivity index (χ3n) is 9.48. The molecule has 6 nitrogen and oxygen atoms in total. The number of piperidine rings is 1. The van der Waals surface area contributed by atoms with Gasteiger partial charge in [0.25, 0.3) is 0 Å². The Morgan fingerprint density at radius 3 is 2.89 bits per heavy atom. The first-order chi connectivity index (χ1) is 13.5. The van der Waals surface area contributed by atoms with Gasteiger partial charge in [0.05, 0.1) is 23.8 Å². The summed E-state index contributed by atoms with van der Waals surface area (Å²) in [6, 6.07) is 8.22. The Morgan fingerprint density at radius 1 is 1.25 bits per heavy atom. The lowest BCUT2D eigenvalue weighted by Crippen LogP contribution is -2.82. The molecule has 2 saturated heterocycles. The van der Waals surface area contributed by atoms with E-state index in [0.29, 0.717) is 19.4 Å². The number of methoxy groups -OCH3 is 1. The average Bonchev–Trinajstić information content (AvgIpc) is 3.23. The van der Waals surface area contributed by atoms with Crippen molar-refractivity contribution in [1.82, 2.24) is 4.90 Å². The van der Waals surface area contributed by atoms with Crippen molar-refractivity contribution in [2.24, 2.45) is 11.3 Å². The van der Waals surface area contributed by atoms with Crippen LogP contribution in [-0.2, 0) is 14.9 Å². The van der Waals surface area contributed by atoms with Crippen molar-refractivity contribution < 1.29 is 19.4 Å². The summed E-state index contributed by atoms with van der Waals surface area (Å²) in [7, 11) is 1.39. The summed E-state index contributed by atoms with van der Waals surface area (Å²) in [4.78, 5) is 31.1. The highest BCUT2D eigenvalue weighted by Crippen LogP contribution is 2.81. The number of anilines is 1. The molecule has 6 heteroatoms. The monoisotopic (exact) mass is 380 g/mol. The highest BCUT2D eigenvalue weighted by molar-refractivity contribution is 6.07. The fourth-order valence-corrected chi connectivity index (χ4v) is 9.19. The third-order valence-corrected chi connectivity index (χ3v) is 9.48. The predicted octanol–water partition coefficient (Wildman–Crippen LogP) is 1.84. The van der Waals surface area contributed by atoms with Crippen LogP contribution in [0.1, 0.15) is 37.7 Å². The maximum absolute atomic E-state index is 13.8. The molecule has 0 unspecified atom stereocenters. The van der Waals surface area contributed by atoms with Gasteiger partial charge in [0.2, 0.25) is 0 Å². The molecule has 0 radical (unpaired) electrons. The standard InChI is InChI=1S/C22H24N2O4/c1-28-18(26)24-15-6-3-2-5-13(15)22-14-11-23-10-4-7-19(17(22)23)8-9-21(22,24)20(27,12-19)16(14)25/h2-3,5-6,14,17,27H,4,7-12H2,1H3/t14-,17+,19-,20-,21+,22+/m0/s1. The quantitative estimate of drug-likeness (QED) is 0.744. The lowest BCUT2D eigenvalue weighted by Gasteiger charge is -2.69. The summed E-state index contributed by atoms with van der Waals surface area (Å²) in [6.07, 6.45) is 3.84. The minimum absolute atomic E-state index is 0.0328. The number of amides is 1. The molecule has 6 fully saturated rings. The number of hydrogen-bond donors (Lipinski definition) is 1. The van der Waals surface area contributed by atoms with Gasteiger partial charge in [-0.3, -0.25) is 14.6 Å². The first-order valence-corrected chi connectivity index (χ1v) is 10.5. The van der Waals surface area contributed by atoms with Crippen molar-refractivity contribution >= 4 is 17.6 Å². The van der Waals surface area contributed by atoms with Crippen LogP contribution in [0.3, 0.4) is 0 Å². The molecule has 4 aliphatic carbocycles. The fraction of sp³-hybridized carbons (Fsp3) is 0.636. The zero-order valence-electron chi connectivity index (χ0n) is 16.0. The summed E-state index contributed by atoms with van der Waals surface area (Å²) in [5.41, 5.74) is -1.04. The number of para-hydroxylation sites is 1. The number of nitrogens with zero attached hydrogens (tertiary/aromatic N) is 2. The number of Topliss-reactive ketones (excluding diaryl/α,β-unsaturated/α-hetero) is 1. The van der Waals surface area contributed by atoms with Gasteiger partial charge in [-0.1, -0.05) is 18.2 Å². The number of fused-ring (bicyclic) bond motifs is 2. The summed E-state index contributed by atoms with van der Waals surface area (Å²) >= 11 is 0. The van der Waals surface area contributed by atoms with E-state index in [1.54, 1.807) is 4.90 Å². The second kappa shape index (κ2) is 4.31. The predicted molar refractivity (Wildman–Crippen MR) is 100 cm³/mol. The van der Waals surface area contributed by atoms with Crippen molar-refractivity contribution in [3.63, 3.8) is 0 Å². The molecule has 1 amide bonds. The van der Waals surface area contributed by atoms with E-state index in [4.69, 9.17) is 4.74 Å². The van der Waals surface area contributed by atoms with Crippen molar-refractivity contribution in [2.45, 2.75) is 54.7 Å². The second-order valence-electron chi connectivity index (χ2n) is 9.87. The molecule has 8 rings (SSSR count). The van der Waals surface area contributed by atoms with Gasteiger partial charge < -0.3 is 9.84 Å². The minimum atomic E-state index is -1.48. The number of carbonyl (C=O) groups is 2. The van der Waals surface area contributed by atoms with E-state index in [9.17, 15) is 14.7 Å².